The van der Waals surface area contributed by atoms with Gasteiger partial charge in [0.1, 0.15) is 12.0 Å². The van der Waals surface area contributed by atoms with Crippen molar-refractivity contribution in [3.63, 3.8) is 0 Å². The average Bonchev–Trinajstić information content (AvgIpc) is 3.65. The van der Waals surface area contributed by atoms with Gasteiger partial charge in [-0.2, -0.15) is 0 Å². The maximum Gasteiger partial charge on any atom is 0.324 e. The van der Waals surface area contributed by atoms with Crippen LogP contribution in [0, 0.1) is 5.92 Å². The lowest BCUT2D eigenvalue weighted by molar-refractivity contribution is 0.0949. The lowest BCUT2D eigenvalue weighted by Gasteiger charge is -2.36. The van der Waals surface area contributed by atoms with Gasteiger partial charge in [-0.15, -0.1) is 0 Å². The zero-order valence-electron chi connectivity index (χ0n) is 23.8. The summed E-state index contributed by atoms with van der Waals surface area (Å²) in [5.74, 6) is 2.64. The molecule has 1 N–H and O–H groups in total. The van der Waals surface area contributed by atoms with E-state index in [1.165, 1.54) is 31.9 Å². The van der Waals surface area contributed by atoms with Gasteiger partial charge in [0.05, 0.1) is 27.4 Å². The van der Waals surface area contributed by atoms with Crippen LogP contribution >= 0.6 is 0 Å². The number of hydrogen-bond donors (Lipinski definition) is 1. The summed E-state index contributed by atoms with van der Waals surface area (Å²) >= 11 is 0. The molecule has 218 valence electrons. The molecule has 1 saturated heterocycles. The molecule has 2 fully saturated rings. The van der Waals surface area contributed by atoms with Crippen molar-refractivity contribution in [3.8, 4) is 17.2 Å². The monoisotopic (exact) mass is 562 g/mol. The van der Waals surface area contributed by atoms with Crippen molar-refractivity contribution < 1.29 is 28.2 Å². The third-order valence-electron chi connectivity index (χ3n) is 7.56. The van der Waals surface area contributed by atoms with Gasteiger partial charge in [0.2, 0.25) is 0 Å². The fourth-order valence-electron chi connectivity index (χ4n) is 5.09. The van der Waals surface area contributed by atoms with Gasteiger partial charge in [0, 0.05) is 37.0 Å². The van der Waals surface area contributed by atoms with Gasteiger partial charge in [0.25, 0.3) is 5.91 Å². The van der Waals surface area contributed by atoms with Crippen molar-refractivity contribution in [2.24, 2.45) is 5.92 Å². The number of nitrogens with one attached hydrogen (secondary N) is 1. The molecular formula is C31H38N4O6. The number of urea groups is 1. The first-order valence-corrected chi connectivity index (χ1v) is 14.2. The van der Waals surface area contributed by atoms with Gasteiger partial charge >= 0.3 is 6.03 Å². The first-order valence-electron chi connectivity index (χ1n) is 14.2. The molecule has 0 bridgehead atoms. The van der Waals surface area contributed by atoms with Crippen molar-refractivity contribution in [1.82, 2.24) is 15.2 Å². The standard InChI is InChI=1S/C31H38N4O6/c1-38-27-11-10-25(18-29(27)41-16-3-5-22-6-7-22)35-15-4-14-34(31(35)37)19-24-9-8-23(17-28(24)39-2)12-13-32-30(36)26-20-40-21-33-26/h8-11,17-18,20-22H,3-7,12-16,19H2,1-2H3,(H,32,36). The minimum atomic E-state index is -0.278. The van der Waals surface area contributed by atoms with E-state index in [0.29, 0.717) is 56.5 Å². The number of carbonyl (C=O) groups excluding carboxylic acids is 2. The summed E-state index contributed by atoms with van der Waals surface area (Å²) in [6.45, 7) is 2.82. The summed E-state index contributed by atoms with van der Waals surface area (Å²) in [6, 6.07) is 11.6. The number of hydrogen-bond acceptors (Lipinski definition) is 7. The van der Waals surface area contributed by atoms with Crippen LogP contribution in [0.3, 0.4) is 0 Å². The SMILES string of the molecule is COc1cc(CCNC(=O)c2cocn2)ccc1CN1CCCN(c2ccc(OC)c(OCCCC3CC3)c2)C1=O. The Hall–Kier alpha value is -4.21. The van der Waals surface area contributed by atoms with Crippen LogP contribution in [0.15, 0.2) is 53.5 Å². The van der Waals surface area contributed by atoms with Gasteiger partial charge < -0.3 is 28.8 Å². The zero-order valence-corrected chi connectivity index (χ0v) is 23.8. The van der Waals surface area contributed by atoms with E-state index in [0.717, 1.165) is 35.6 Å². The number of rotatable bonds is 14. The van der Waals surface area contributed by atoms with Gasteiger partial charge in [-0.3, -0.25) is 9.69 Å². The molecule has 1 aromatic heterocycles. The van der Waals surface area contributed by atoms with Crippen LogP contribution in [0.1, 0.15) is 53.7 Å². The highest BCUT2D eigenvalue weighted by molar-refractivity contribution is 5.93. The summed E-state index contributed by atoms with van der Waals surface area (Å²) in [5, 5.41) is 2.83. The Bertz CT molecular complexity index is 1320. The summed E-state index contributed by atoms with van der Waals surface area (Å²) < 4.78 is 22.1. The van der Waals surface area contributed by atoms with Crippen LogP contribution in [0.2, 0.25) is 0 Å². The fraction of sp³-hybridized carbons (Fsp3) is 0.452. The number of amides is 3. The van der Waals surface area contributed by atoms with Crippen molar-refractivity contribution in [1.29, 1.82) is 0 Å². The largest absolute Gasteiger partial charge is 0.496 e. The molecule has 2 heterocycles. The highest BCUT2D eigenvalue weighted by Gasteiger charge is 2.28. The Morgan fingerprint density at radius 2 is 1.93 bits per heavy atom. The molecule has 10 heteroatoms. The van der Waals surface area contributed by atoms with Gasteiger partial charge in [-0.05, 0) is 55.4 Å². The van der Waals surface area contributed by atoms with E-state index < -0.39 is 0 Å². The molecule has 0 atom stereocenters. The number of nitrogens with zero attached hydrogens (tertiary/aromatic N) is 3. The molecule has 3 amide bonds. The summed E-state index contributed by atoms with van der Waals surface area (Å²) in [4.78, 5) is 33.2. The summed E-state index contributed by atoms with van der Waals surface area (Å²) in [7, 11) is 3.26. The maximum absolute atomic E-state index is 13.6. The molecule has 1 saturated carbocycles. The third kappa shape index (κ3) is 7.31. The number of ether oxygens (including phenoxy) is 3. The molecule has 0 spiro atoms. The van der Waals surface area contributed by atoms with E-state index in [4.69, 9.17) is 18.6 Å². The number of methoxy groups -OCH3 is 2. The van der Waals surface area contributed by atoms with Gasteiger partial charge in [-0.25, -0.2) is 9.78 Å². The Morgan fingerprint density at radius 1 is 1.07 bits per heavy atom. The second-order valence-electron chi connectivity index (χ2n) is 10.5. The van der Waals surface area contributed by atoms with Crippen molar-refractivity contribution >= 4 is 17.6 Å². The van der Waals surface area contributed by atoms with Crippen LogP contribution in [-0.4, -0.2) is 62.3 Å². The molecule has 10 nitrogen and oxygen atoms in total. The molecule has 2 aromatic carbocycles. The highest BCUT2D eigenvalue weighted by Crippen LogP contribution is 2.35. The van der Waals surface area contributed by atoms with Crippen LogP contribution < -0.4 is 24.4 Å². The van der Waals surface area contributed by atoms with Crippen LogP contribution in [0.25, 0.3) is 0 Å². The Labute approximate surface area is 240 Å². The van der Waals surface area contributed by atoms with Crippen LogP contribution in [-0.2, 0) is 13.0 Å². The van der Waals surface area contributed by atoms with E-state index in [9.17, 15) is 9.59 Å². The molecule has 1 aliphatic heterocycles. The summed E-state index contributed by atoms with van der Waals surface area (Å²) in [5.41, 5.74) is 2.99. The molecule has 5 rings (SSSR count). The molecule has 2 aliphatic rings. The minimum absolute atomic E-state index is 0.0530. The lowest BCUT2D eigenvalue weighted by Crippen LogP contribution is -2.49. The number of carbonyl (C=O) groups is 2. The second kappa shape index (κ2) is 13.4. The molecule has 0 unspecified atom stereocenters. The zero-order chi connectivity index (χ0) is 28.6. The van der Waals surface area contributed by atoms with E-state index in [2.05, 4.69) is 10.3 Å². The fourth-order valence-corrected chi connectivity index (χ4v) is 5.09. The Morgan fingerprint density at radius 3 is 2.68 bits per heavy atom. The normalized spacial score (nSPS) is 15.1. The van der Waals surface area contributed by atoms with Crippen molar-refractivity contribution in [2.45, 2.75) is 45.1 Å². The van der Waals surface area contributed by atoms with E-state index >= 15 is 0 Å². The summed E-state index contributed by atoms with van der Waals surface area (Å²) in [6.07, 6.45) is 8.92. The Kier molecular flexibility index (Phi) is 9.28. The quantitative estimate of drug-likeness (QED) is 0.274. The smallest absolute Gasteiger partial charge is 0.324 e. The predicted molar refractivity (Wildman–Crippen MR) is 154 cm³/mol. The van der Waals surface area contributed by atoms with Crippen LogP contribution in [0.4, 0.5) is 10.5 Å². The minimum Gasteiger partial charge on any atom is -0.496 e. The van der Waals surface area contributed by atoms with E-state index in [-0.39, 0.29) is 17.6 Å². The topological polar surface area (TPSA) is 106 Å². The number of benzene rings is 2. The highest BCUT2D eigenvalue weighted by atomic mass is 16.5. The molecule has 0 radical (unpaired) electrons. The first-order chi connectivity index (χ1) is 20.1. The van der Waals surface area contributed by atoms with Crippen LogP contribution in [0.5, 0.6) is 17.2 Å². The maximum atomic E-state index is 13.6. The van der Waals surface area contributed by atoms with Crippen molar-refractivity contribution in [3.05, 3.63) is 65.9 Å². The number of aromatic nitrogens is 1. The Balaban J connectivity index is 1.20. The lowest BCUT2D eigenvalue weighted by atomic mass is 10.1. The van der Waals surface area contributed by atoms with E-state index in [1.807, 2.05) is 41.3 Å². The third-order valence-corrected chi connectivity index (χ3v) is 7.56. The molecule has 3 aromatic rings. The first kappa shape index (κ1) is 28.3. The molecule has 1 aliphatic carbocycles. The number of anilines is 1. The average molecular weight is 563 g/mol. The second-order valence-corrected chi connectivity index (χ2v) is 10.5. The molecule has 41 heavy (non-hydrogen) atoms. The molecular weight excluding hydrogens is 524 g/mol. The number of oxazole rings is 1. The van der Waals surface area contributed by atoms with Gasteiger partial charge in [0.15, 0.2) is 23.6 Å². The van der Waals surface area contributed by atoms with Crippen molar-refractivity contribution in [2.75, 3.05) is 45.4 Å². The van der Waals surface area contributed by atoms with E-state index in [1.54, 1.807) is 19.1 Å². The van der Waals surface area contributed by atoms with Gasteiger partial charge in [-0.1, -0.05) is 25.0 Å². The predicted octanol–water partition coefficient (Wildman–Crippen LogP) is 5.07.